The lowest BCUT2D eigenvalue weighted by atomic mass is 10.2. The summed E-state index contributed by atoms with van der Waals surface area (Å²) in [5.41, 5.74) is 0.841. The lowest BCUT2D eigenvalue weighted by molar-refractivity contribution is 0.0999. The highest BCUT2D eigenvalue weighted by Crippen LogP contribution is 2.20. The fraction of sp³-hybridized carbons (Fsp3) is 0.500. The minimum atomic E-state index is -0.115. The summed E-state index contributed by atoms with van der Waals surface area (Å²) in [5.74, 6) is 0.123. The molecule has 0 aromatic carbocycles. The largest absolute Gasteiger partial charge is 0.292 e. The van der Waals surface area contributed by atoms with E-state index in [9.17, 15) is 4.79 Å². The molecule has 1 aromatic rings. The van der Waals surface area contributed by atoms with Gasteiger partial charge in [-0.15, -0.1) is 11.3 Å². The minimum absolute atomic E-state index is 0.115. The third-order valence-corrected chi connectivity index (χ3v) is 2.99. The molecule has 0 saturated carbocycles. The second kappa shape index (κ2) is 3.66. The molecule has 1 unspecified atom stereocenters. The summed E-state index contributed by atoms with van der Waals surface area (Å²) in [6, 6.07) is 0. The van der Waals surface area contributed by atoms with Crippen LogP contribution in [0.3, 0.4) is 0 Å². The average Bonchev–Trinajstić information content (AvgIpc) is 2.28. The molecule has 0 saturated heterocycles. The number of ketones is 1. The molecule has 1 atom stereocenters. The third kappa shape index (κ3) is 1.93. The van der Waals surface area contributed by atoms with E-state index >= 15 is 0 Å². The van der Waals surface area contributed by atoms with Crippen LogP contribution in [-0.4, -0.2) is 15.6 Å². The Morgan fingerprint density at radius 3 is 2.50 bits per heavy atom. The van der Waals surface area contributed by atoms with Crippen LogP contribution in [0.2, 0.25) is 0 Å². The van der Waals surface area contributed by atoms with Crippen LogP contribution >= 0.6 is 27.3 Å². The van der Waals surface area contributed by atoms with E-state index < -0.39 is 0 Å². The molecule has 0 aliphatic heterocycles. The highest BCUT2D eigenvalue weighted by atomic mass is 79.9. The van der Waals surface area contributed by atoms with Gasteiger partial charge in [0.15, 0.2) is 5.78 Å². The van der Waals surface area contributed by atoms with E-state index in [0.29, 0.717) is 0 Å². The first-order valence-electron chi connectivity index (χ1n) is 3.64. The van der Waals surface area contributed by atoms with Crippen molar-refractivity contribution in [2.45, 2.75) is 25.6 Å². The van der Waals surface area contributed by atoms with E-state index in [0.717, 1.165) is 15.6 Å². The summed E-state index contributed by atoms with van der Waals surface area (Å²) in [5, 5.41) is 0.948. The van der Waals surface area contributed by atoms with Crippen molar-refractivity contribution in [3.8, 4) is 0 Å². The van der Waals surface area contributed by atoms with Gasteiger partial charge in [0.25, 0.3) is 0 Å². The summed E-state index contributed by atoms with van der Waals surface area (Å²) >= 11 is 4.71. The zero-order chi connectivity index (χ0) is 9.30. The van der Waals surface area contributed by atoms with Crippen molar-refractivity contribution in [2.75, 3.05) is 0 Å². The molecule has 0 radical (unpaired) electrons. The standard InChI is InChI=1S/C8H10BrNOS/c1-4(9)7(11)8-5(2)10-6(3)12-8/h4H,1-3H3. The highest BCUT2D eigenvalue weighted by molar-refractivity contribution is 9.10. The van der Waals surface area contributed by atoms with Crippen molar-refractivity contribution in [1.82, 2.24) is 4.98 Å². The monoisotopic (exact) mass is 247 g/mol. The summed E-state index contributed by atoms with van der Waals surface area (Å²) < 4.78 is 0. The van der Waals surface area contributed by atoms with Gasteiger partial charge in [-0.2, -0.15) is 0 Å². The Hall–Kier alpha value is -0.220. The summed E-state index contributed by atoms with van der Waals surface area (Å²) in [4.78, 5) is 16.4. The van der Waals surface area contributed by atoms with Gasteiger partial charge in [-0.1, -0.05) is 15.9 Å². The van der Waals surface area contributed by atoms with Gasteiger partial charge < -0.3 is 0 Å². The zero-order valence-corrected chi connectivity index (χ0v) is 9.62. The molecular weight excluding hydrogens is 238 g/mol. The van der Waals surface area contributed by atoms with E-state index in [2.05, 4.69) is 20.9 Å². The molecule has 0 amide bonds. The number of carbonyl (C=O) groups excluding carboxylic acids is 1. The Morgan fingerprint density at radius 1 is 1.58 bits per heavy atom. The topological polar surface area (TPSA) is 30.0 Å². The number of carbonyl (C=O) groups is 1. The van der Waals surface area contributed by atoms with Gasteiger partial charge in [0, 0.05) is 0 Å². The molecule has 1 aromatic heterocycles. The molecule has 0 bridgehead atoms. The predicted molar refractivity (Wildman–Crippen MR) is 54.3 cm³/mol. The second-order valence-corrected chi connectivity index (χ2v) is 5.20. The number of rotatable bonds is 2. The average molecular weight is 248 g/mol. The molecule has 4 heteroatoms. The van der Waals surface area contributed by atoms with Crippen LogP contribution in [0.4, 0.5) is 0 Å². The van der Waals surface area contributed by atoms with Gasteiger partial charge in [-0.05, 0) is 20.8 Å². The fourth-order valence-corrected chi connectivity index (χ4v) is 2.27. The molecule has 12 heavy (non-hydrogen) atoms. The molecule has 1 rings (SSSR count). The first-order chi connectivity index (χ1) is 5.52. The number of alkyl halides is 1. The number of Topliss-reactive ketones (excluding diaryl/α,β-unsaturated/α-hetero) is 1. The molecule has 0 N–H and O–H groups in total. The Bertz CT molecular complexity index is 306. The minimum Gasteiger partial charge on any atom is -0.292 e. The zero-order valence-electron chi connectivity index (χ0n) is 7.22. The molecule has 1 heterocycles. The summed E-state index contributed by atoms with van der Waals surface area (Å²) in [6.07, 6.45) is 0. The van der Waals surface area contributed by atoms with Crippen molar-refractivity contribution in [3.05, 3.63) is 15.6 Å². The number of halogens is 1. The van der Waals surface area contributed by atoms with Gasteiger partial charge in [-0.25, -0.2) is 4.98 Å². The number of hydrogen-bond acceptors (Lipinski definition) is 3. The van der Waals surface area contributed by atoms with Crippen LogP contribution in [0.1, 0.15) is 27.3 Å². The maximum absolute atomic E-state index is 11.5. The maximum Gasteiger partial charge on any atom is 0.187 e. The molecule has 0 fully saturated rings. The van der Waals surface area contributed by atoms with Crippen LogP contribution in [0.25, 0.3) is 0 Å². The number of hydrogen-bond donors (Lipinski definition) is 0. The van der Waals surface area contributed by atoms with Crippen LogP contribution in [-0.2, 0) is 0 Å². The van der Waals surface area contributed by atoms with Gasteiger partial charge in [0.05, 0.1) is 20.4 Å². The fourth-order valence-electron chi connectivity index (χ4n) is 0.941. The number of aryl methyl sites for hydroxylation is 2. The molecule has 2 nitrogen and oxygen atoms in total. The third-order valence-electron chi connectivity index (χ3n) is 1.49. The smallest absolute Gasteiger partial charge is 0.187 e. The molecule has 0 aliphatic rings. The molecular formula is C8H10BrNOS. The predicted octanol–water partition coefficient (Wildman–Crippen LogP) is 2.73. The Morgan fingerprint density at radius 2 is 2.17 bits per heavy atom. The van der Waals surface area contributed by atoms with Crippen molar-refractivity contribution >= 4 is 33.0 Å². The van der Waals surface area contributed by atoms with Crippen molar-refractivity contribution in [1.29, 1.82) is 0 Å². The second-order valence-electron chi connectivity index (χ2n) is 2.63. The van der Waals surface area contributed by atoms with Gasteiger partial charge in [-0.3, -0.25) is 4.79 Å². The maximum atomic E-state index is 11.5. The molecule has 66 valence electrons. The number of nitrogens with zero attached hydrogens (tertiary/aromatic N) is 1. The van der Waals surface area contributed by atoms with Gasteiger partial charge in [0.1, 0.15) is 0 Å². The lowest BCUT2D eigenvalue weighted by Crippen LogP contribution is -2.09. The Kier molecular flexibility index (Phi) is 3.01. The first-order valence-corrected chi connectivity index (χ1v) is 5.38. The SMILES string of the molecule is Cc1nc(C)c(C(=O)C(C)Br)s1. The Labute approximate surface area is 84.1 Å². The number of aromatic nitrogens is 1. The van der Waals surface area contributed by atoms with Crippen molar-refractivity contribution in [2.24, 2.45) is 0 Å². The van der Waals surface area contributed by atoms with E-state index in [-0.39, 0.29) is 10.6 Å². The van der Waals surface area contributed by atoms with Crippen molar-refractivity contribution in [3.63, 3.8) is 0 Å². The number of thiazole rings is 1. The van der Waals surface area contributed by atoms with Crippen LogP contribution < -0.4 is 0 Å². The van der Waals surface area contributed by atoms with Crippen LogP contribution in [0.15, 0.2) is 0 Å². The lowest BCUT2D eigenvalue weighted by Gasteiger charge is -1.98. The Balaban J connectivity index is 3.02. The van der Waals surface area contributed by atoms with Gasteiger partial charge in [0.2, 0.25) is 0 Å². The van der Waals surface area contributed by atoms with E-state index in [1.54, 1.807) is 0 Å². The highest BCUT2D eigenvalue weighted by Gasteiger charge is 2.17. The van der Waals surface area contributed by atoms with Crippen molar-refractivity contribution < 1.29 is 4.79 Å². The van der Waals surface area contributed by atoms with E-state index in [1.165, 1.54) is 11.3 Å². The normalized spacial score (nSPS) is 13.0. The van der Waals surface area contributed by atoms with Crippen LogP contribution in [0, 0.1) is 13.8 Å². The molecule has 0 aliphatic carbocycles. The van der Waals surface area contributed by atoms with E-state index in [4.69, 9.17) is 0 Å². The first kappa shape index (κ1) is 9.86. The summed E-state index contributed by atoms with van der Waals surface area (Å²) in [7, 11) is 0. The van der Waals surface area contributed by atoms with Gasteiger partial charge >= 0.3 is 0 Å². The van der Waals surface area contributed by atoms with E-state index in [1.807, 2.05) is 20.8 Å². The molecule has 0 spiro atoms. The summed E-state index contributed by atoms with van der Waals surface area (Å²) in [6.45, 7) is 5.61. The quantitative estimate of drug-likeness (QED) is 0.595. The van der Waals surface area contributed by atoms with Crippen LogP contribution in [0.5, 0.6) is 0 Å².